The van der Waals surface area contributed by atoms with Crippen LogP contribution in [0.5, 0.6) is 5.75 Å². The summed E-state index contributed by atoms with van der Waals surface area (Å²) in [7, 11) is 1.38. The molecule has 0 fully saturated rings. The van der Waals surface area contributed by atoms with Crippen LogP contribution in [0.3, 0.4) is 0 Å². The monoisotopic (exact) mass is 284 g/mol. The molecule has 3 heteroatoms. The van der Waals surface area contributed by atoms with Crippen LogP contribution in [0.15, 0.2) is 48.5 Å². The van der Waals surface area contributed by atoms with Crippen molar-refractivity contribution in [1.82, 2.24) is 0 Å². The summed E-state index contributed by atoms with van der Waals surface area (Å²) in [5.41, 5.74) is 3.56. The molecule has 0 aliphatic carbocycles. The second-order valence-electron chi connectivity index (χ2n) is 5.10. The predicted molar refractivity (Wildman–Crippen MR) is 83.3 cm³/mol. The van der Waals surface area contributed by atoms with Crippen molar-refractivity contribution in [3.8, 4) is 16.9 Å². The summed E-state index contributed by atoms with van der Waals surface area (Å²) in [6.07, 6.45) is 0.0404. The molecule has 110 valence electrons. The number of benzene rings is 2. The van der Waals surface area contributed by atoms with Gasteiger partial charge in [-0.25, -0.2) is 0 Å². The van der Waals surface area contributed by atoms with Gasteiger partial charge in [-0.15, -0.1) is 0 Å². The number of rotatable bonds is 5. The van der Waals surface area contributed by atoms with Gasteiger partial charge in [0.05, 0.1) is 13.5 Å². The van der Waals surface area contributed by atoms with E-state index < -0.39 is 0 Å². The number of carbonyl (C=O) groups is 1. The minimum absolute atomic E-state index is 0.206. The first-order valence-electron chi connectivity index (χ1n) is 6.99. The first kappa shape index (κ1) is 15.1. The highest BCUT2D eigenvalue weighted by Crippen LogP contribution is 2.23. The maximum atomic E-state index is 11.2. The smallest absolute Gasteiger partial charge is 0.309 e. The molecule has 2 aromatic rings. The van der Waals surface area contributed by atoms with Gasteiger partial charge in [-0.1, -0.05) is 42.0 Å². The Balaban J connectivity index is 2.02. The van der Waals surface area contributed by atoms with Gasteiger partial charge in [-0.05, 0) is 37.1 Å². The van der Waals surface area contributed by atoms with E-state index in [1.807, 2.05) is 31.2 Å². The van der Waals surface area contributed by atoms with Gasteiger partial charge in [0, 0.05) is 0 Å². The molecule has 1 unspecified atom stereocenters. The summed E-state index contributed by atoms with van der Waals surface area (Å²) in [6, 6.07) is 16.3. The molecule has 0 aliphatic heterocycles. The van der Waals surface area contributed by atoms with Crippen LogP contribution in [-0.4, -0.2) is 19.2 Å². The number of carbonyl (C=O) groups excluding carboxylic acids is 1. The van der Waals surface area contributed by atoms with Crippen LogP contribution >= 0.6 is 0 Å². The van der Waals surface area contributed by atoms with Crippen LogP contribution in [0.4, 0.5) is 0 Å². The maximum absolute atomic E-state index is 11.2. The first-order valence-corrected chi connectivity index (χ1v) is 6.99. The van der Waals surface area contributed by atoms with E-state index in [9.17, 15) is 4.79 Å². The van der Waals surface area contributed by atoms with Crippen molar-refractivity contribution in [2.75, 3.05) is 7.11 Å². The fourth-order valence-corrected chi connectivity index (χ4v) is 2.06. The van der Waals surface area contributed by atoms with Crippen molar-refractivity contribution in [2.24, 2.45) is 0 Å². The van der Waals surface area contributed by atoms with E-state index in [1.165, 1.54) is 18.2 Å². The van der Waals surface area contributed by atoms with Gasteiger partial charge < -0.3 is 9.47 Å². The third-order valence-electron chi connectivity index (χ3n) is 3.26. The highest BCUT2D eigenvalue weighted by Gasteiger charge is 2.10. The summed E-state index contributed by atoms with van der Waals surface area (Å²) >= 11 is 0. The lowest BCUT2D eigenvalue weighted by Crippen LogP contribution is -2.17. The van der Waals surface area contributed by atoms with E-state index in [0.29, 0.717) is 0 Å². The molecule has 0 aliphatic rings. The average Bonchev–Trinajstić information content (AvgIpc) is 2.48. The normalized spacial score (nSPS) is 11.8. The molecule has 0 aromatic heterocycles. The Labute approximate surface area is 125 Å². The first-order chi connectivity index (χ1) is 10.1. The Morgan fingerprint density at radius 1 is 1.00 bits per heavy atom. The van der Waals surface area contributed by atoms with Gasteiger partial charge in [0.15, 0.2) is 0 Å². The van der Waals surface area contributed by atoms with Crippen LogP contribution in [0, 0.1) is 6.92 Å². The Kier molecular flexibility index (Phi) is 4.99. The van der Waals surface area contributed by atoms with Crippen LogP contribution in [0.25, 0.3) is 11.1 Å². The van der Waals surface area contributed by atoms with Crippen LogP contribution in [0.1, 0.15) is 18.9 Å². The molecule has 0 spiro atoms. The largest absolute Gasteiger partial charge is 0.490 e. The quantitative estimate of drug-likeness (QED) is 0.779. The number of esters is 1. The Morgan fingerprint density at radius 2 is 1.52 bits per heavy atom. The van der Waals surface area contributed by atoms with E-state index in [-0.39, 0.29) is 18.5 Å². The second-order valence-corrected chi connectivity index (χ2v) is 5.10. The topological polar surface area (TPSA) is 35.5 Å². The third-order valence-corrected chi connectivity index (χ3v) is 3.26. The van der Waals surface area contributed by atoms with Gasteiger partial charge in [0.25, 0.3) is 0 Å². The molecular weight excluding hydrogens is 264 g/mol. The molecule has 0 saturated heterocycles. The van der Waals surface area contributed by atoms with Crippen LogP contribution in [0.2, 0.25) is 0 Å². The van der Waals surface area contributed by atoms with Crippen LogP contribution in [-0.2, 0) is 9.53 Å². The predicted octanol–water partition coefficient (Wildman–Crippen LogP) is 3.99. The maximum Gasteiger partial charge on any atom is 0.309 e. The number of hydrogen-bond donors (Lipinski definition) is 0. The standard InChI is InChI=1S/C18H20O3/c1-13-4-6-15(7-5-13)16-8-10-17(11-9-16)21-14(2)12-18(19)20-3/h4-11,14H,12H2,1-3H3. The number of ether oxygens (including phenoxy) is 2. The summed E-state index contributed by atoms with van der Waals surface area (Å²) < 4.78 is 10.3. The fourth-order valence-electron chi connectivity index (χ4n) is 2.06. The molecule has 0 saturated carbocycles. The summed E-state index contributed by atoms with van der Waals surface area (Å²) in [5, 5.41) is 0. The van der Waals surface area contributed by atoms with Gasteiger partial charge in [-0.2, -0.15) is 0 Å². The van der Waals surface area contributed by atoms with Crippen molar-refractivity contribution < 1.29 is 14.3 Å². The molecule has 0 bridgehead atoms. The van der Waals surface area contributed by atoms with E-state index in [2.05, 4.69) is 35.9 Å². The van der Waals surface area contributed by atoms with Crippen molar-refractivity contribution in [3.63, 3.8) is 0 Å². The Bertz CT molecular complexity index is 585. The third kappa shape index (κ3) is 4.35. The van der Waals surface area contributed by atoms with Gasteiger partial charge in [0.1, 0.15) is 11.9 Å². The zero-order valence-electron chi connectivity index (χ0n) is 12.6. The lowest BCUT2D eigenvalue weighted by Gasteiger charge is -2.14. The van der Waals surface area contributed by atoms with E-state index in [0.717, 1.165) is 11.3 Å². The van der Waals surface area contributed by atoms with Crippen LogP contribution < -0.4 is 4.74 Å². The zero-order chi connectivity index (χ0) is 15.2. The molecule has 0 N–H and O–H groups in total. The van der Waals surface area contributed by atoms with Crippen molar-refractivity contribution >= 4 is 5.97 Å². The van der Waals surface area contributed by atoms with Gasteiger partial charge >= 0.3 is 5.97 Å². The molecule has 21 heavy (non-hydrogen) atoms. The fraction of sp³-hybridized carbons (Fsp3) is 0.278. The highest BCUT2D eigenvalue weighted by molar-refractivity contribution is 5.69. The molecule has 0 radical (unpaired) electrons. The minimum atomic E-state index is -0.265. The highest BCUT2D eigenvalue weighted by atomic mass is 16.5. The molecule has 1 atom stereocenters. The van der Waals surface area contributed by atoms with E-state index in [1.54, 1.807) is 0 Å². The molecule has 2 rings (SSSR count). The SMILES string of the molecule is COC(=O)CC(C)Oc1ccc(-c2ccc(C)cc2)cc1. The average molecular weight is 284 g/mol. The lowest BCUT2D eigenvalue weighted by molar-refractivity contribution is -0.142. The van der Waals surface area contributed by atoms with Crippen molar-refractivity contribution in [3.05, 3.63) is 54.1 Å². The Hall–Kier alpha value is -2.29. The van der Waals surface area contributed by atoms with Crippen molar-refractivity contribution in [1.29, 1.82) is 0 Å². The van der Waals surface area contributed by atoms with E-state index >= 15 is 0 Å². The molecule has 3 nitrogen and oxygen atoms in total. The number of methoxy groups -OCH3 is 1. The summed E-state index contributed by atoms with van der Waals surface area (Å²) in [5.74, 6) is 0.487. The Morgan fingerprint density at radius 3 is 2.05 bits per heavy atom. The minimum Gasteiger partial charge on any atom is -0.490 e. The molecule has 0 heterocycles. The molecular formula is C18H20O3. The second kappa shape index (κ2) is 6.93. The number of hydrogen-bond acceptors (Lipinski definition) is 3. The summed E-state index contributed by atoms with van der Waals surface area (Å²) in [4.78, 5) is 11.2. The molecule has 2 aromatic carbocycles. The van der Waals surface area contributed by atoms with Gasteiger partial charge in [-0.3, -0.25) is 4.79 Å². The lowest BCUT2D eigenvalue weighted by atomic mass is 10.0. The zero-order valence-corrected chi connectivity index (χ0v) is 12.6. The van der Waals surface area contributed by atoms with Crippen molar-refractivity contribution in [2.45, 2.75) is 26.4 Å². The summed E-state index contributed by atoms with van der Waals surface area (Å²) in [6.45, 7) is 3.92. The number of aryl methyl sites for hydroxylation is 1. The van der Waals surface area contributed by atoms with E-state index in [4.69, 9.17) is 4.74 Å². The molecule has 0 amide bonds. The van der Waals surface area contributed by atoms with Gasteiger partial charge in [0.2, 0.25) is 0 Å².